The molecule has 0 aliphatic carbocycles. The van der Waals surface area contributed by atoms with Crippen molar-refractivity contribution in [1.29, 1.82) is 0 Å². The molecule has 0 spiro atoms. The van der Waals surface area contributed by atoms with Crippen LogP contribution in [0.2, 0.25) is 0 Å². The molecule has 0 bridgehead atoms. The van der Waals surface area contributed by atoms with Crippen molar-refractivity contribution in [3.63, 3.8) is 0 Å². The van der Waals surface area contributed by atoms with E-state index in [1.54, 1.807) is 7.11 Å². The minimum absolute atomic E-state index is 0.164. The molecule has 0 aliphatic rings. The number of para-hydroxylation sites is 2. The highest BCUT2D eigenvalue weighted by molar-refractivity contribution is 9.10. The lowest BCUT2D eigenvalue weighted by molar-refractivity contribution is 0.102. The molecule has 4 rings (SSSR count). The predicted octanol–water partition coefficient (Wildman–Crippen LogP) is 6.23. The van der Waals surface area contributed by atoms with Crippen molar-refractivity contribution >= 4 is 38.4 Å². The van der Waals surface area contributed by atoms with Crippen molar-refractivity contribution in [1.82, 2.24) is 4.98 Å². The van der Waals surface area contributed by atoms with Gasteiger partial charge in [0.15, 0.2) is 0 Å². The van der Waals surface area contributed by atoms with Crippen LogP contribution in [0.5, 0.6) is 5.75 Å². The van der Waals surface area contributed by atoms with Gasteiger partial charge in [-0.15, -0.1) is 0 Å². The van der Waals surface area contributed by atoms with Gasteiger partial charge >= 0.3 is 0 Å². The molecule has 1 heterocycles. The van der Waals surface area contributed by atoms with Crippen LogP contribution in [0, 0.1) is 6.92 Å². The average molecular weight is 447 g/mol. The van der Waals surface area contributed by atoms with E-state index in [0.29, 0.717) is 5.56 Å². The predicted molar refractivity (Wildman–Crippen MR) is 121 cm³/mol. The molecule has 0 fully saturated rings. The largest absolute Gasteiger partial charge is 0.497 e. The minimum Gasteiger partial charge on any atom is -0.497 e. The van der Waals surface area contributed by atoms with Gasteiger partial charge in [0.25, 0.3) is 5.91 Å². The number of hydrogen-bond donors (Lipinski definition) is 1. The van der Waals surface area contributed by atoms with Gasteiger partial charge < -0.3 is 10.1 Å². The first kappa shape index (κ1) is 19.2. The maximum Gasteiger partial charge on any atom is 0.256 e. The Morgan fingerprint density at radius 1 is 0.966 bits per heavy atom. The summed E-state index contributed by atoms with van der Waals surface area (Å²) in [5.41, 5.74) is 4.67. The topological polar surface area (TPSA) is 51.2 Å². The highest BCUT2D eigenvalue weighted by Crippen LogP contribution is 2.31. The molecular weight excluding hydrogens is 428 g/mol. The number of nitrogens with zero attached hydrogens (tertiary/aromatic N) is 1. The molecule has 29 heavy (non-hydrogen) atoms. The zero-order valence-electron chi connectivity index (χ0n) is 16.1. The molecule has 1 N–H and O–H groups in total. The number of anilines is 1. The first-order valence-corrected chi connectivity index (χ1v) is 9.97. The highest BCUT2D eigenvalue weighted by Gasteiger charge is 2.19. The third-order valence-electron chi connectivity index (χ3n) is 4.85. The Morgan fingerprint density at radius 2 is 1.66 bits per heavy atom. The molecule has 4 nitrogen and oxygen atoms in total. The van der Waals surface area contributed by atoms with Crippen molar-refractivity contribution in [3.05, 3.63) is 88.4 Å². The summed E-state index contributed by atoms with van der Waals surface area (Å²) in [5, 5.41) is 3.85. The van der Waals surface area contributed by atoms with Crippen LogP contribution in [0.25, 0.3) is 22.2 Å². The summed E-state index contributed by atoms with van der Waals surface area (Å²) >= 11 is 3.49. The Morgan fingerprint density at radius 3 is 2.38 bits per heavy atom. The second-order valence-corrected chi connectivity index (χ2v) is 7.49. The number of pyridine rings is 1. The Balaban J connectivity index is 1.86. The lowest BCUT2D eigenvalue weighted by Crippen LogP contribution is -2.15. The zero-order chi connectivity index (χ0) is 20.4. The smallest absolute Gasteiger partial charge is 0.256 e. The second-order valence-electron chi connectivity index (χ2n) is 6.64. The molecule has 1 amide bonds. The number of aromatic nitrogens is 1. The third kappa shape index (κ3) is 3.74. The summed E-state index contributed by atoms with van der Waals surface area (Å²) in [5.74, 6) is 0.613. The summed E-state index contributed by atoms with van der Waals surface area (Å²) in [6, 6.07) is 23.0. The lowest BCUT2D eigenvalue weighted by atomic mass is 9.97. The van der Waals surface area contributed by atoms with Crippen LogP contribution in [0.3, 0.4) is 0 Å². The molecule has 0 atom stereocenters. The van der Waals surface area contributed by atoms with Crippen LogP contribution in [0.1, 0.15) is 15.9 Å². The fraction of sp³-hybridized carbons (Fsp3) is 0.0833. The number of amides is 1. The number of fused-ring (bicyclic) bond motifs is 1. The number of methoxy groups -OCH3 is 1. The van der Waals surface area contributed by atoms with Crippen molar-refractivity contribution in [3.8, 4) is 17.0 Å². The summed E-state index contributed by atoms with van der Waals surface area (Å²) < 4.78 is 6.09. The molecule has 144 valence electrons. The molecule has 4 aromatic rings. The van der Waals surface area contributed by atoms with Gasteiger partial charge in [0.2, 0.25) is 0 Å². The van der Waals surface area contributed by atoms with Crippen molar-refractivity contribution in [2.75, 3.05) is 12.4 Å². The summed E-state index contributed by atoms with van der Waals surface area (Å²) in [6.45, 7) is 1.94. The molecule has 0 aliphatic heterocycles. The van der Waals surface area contributed by atoms with E-state index in [2.05, 4.69) is 21.2 Å². The van der Waals surface area contributed by atoms with Gasteiger partial charge in [-0.1, -0.05) is 30.3 Å². The Kier molecular flexibility index (Phi) is 5.32. The molecule has 3 aromatic carbocycles. The average Bonchev–Trinajstić information content (AvgIpc) is 2.75. The summed E-state index contributed by atoms with van der Waals surface area (Å²) in [7, 11) is 1.64. The van der Waals surface area contributed by atoms with Crippen molar-refractivity contribution < 1.29 is 9.53 Å². The van der Waals surface area contributed by atoms with Crippen LogP contribution in [-0.4, -0.2) is 18.0 Å². The van der Waals surface area contributed by atoms with Crippen molar-refractivity contribution in [2.45, 2.75) is 6.92 Å². The second kappa shape index (κ2) is 8.05. The van der Waals surface area contributed by atoms with Gasteiger partial charge in [-0.2, -0.15) is 0 Å². The summed E-state index contributed by atoms with van der Waals surface area (Å²) in [4.78, 5) is 18.1. The number of halogens is 1. The van der Waals surface area contributed by atoms with Gasteiger partial charge in [0.05, 0.1) is 29.6 Å². The fourth-order valence-corrected chi connectivity index (χ4v) is 3.76. The zero-order valence-corrected chi connectivity index (χ0v) is 17.7. The van der Waals surface area contributed by atoms with Gasteiger partial charge in [0, 0.05) is 15.4 Å². The number of ether oxygens (including phenoxy) is 1. The molecule has 0 unspecified atom stereocenters. The van der Waals surface area contributed by atoms with E-state index in [1.807, 2.05) is 79.7 Å². The lowest BCUT2D eigenvalue weighted by Gasteiger charge is -2.15. The normalized spacial score (nSPS) is 10.7. The van der Waals surface area contributed by atoms with Crippen LogP contribution in [0.15, 0.2) is 77.3 Å². The van der Waals surface area contributed by atoms with Crippen LogP contribution >= 0.6 is 15.9 Å². The van der Waals surface area contributed by atoms with Crippen molar-refractivity contribution in [2.24, 2.45) is 0 Å². The number of carbonyl (C=O) groups is 1. The van der Waals surface area contributed by atoms with E-state index in [1.165, 1.54) is 0 Å². The highest BCUT2D eigenvalue weighted by atomic mass is 79.9. The van der Waals surface area contributed by atoms with Gasteiger partial charge in [-0.3, -0.25) is 4.79 Å². The van der Waals surface area contributed by atoms with E-state index in [0.717, 1.165) is 43.6 Å². The summed E-state index contributed by atoms with van der Waals surface area (Å²) in [6.07, 6.45) is 0. The number of carbonyl (C=O) groups excluding carboxylic acids is 1. The van der Waals surface area contributed by atoms with E-state index in [4.69, 9.17) is 9.72 Å². The van der Waals surface area contributed by atoms with Gasteiger partial charge in [0.1, 0.15) is 5.75 Å². The first-order valence-electron chi connectivity index (χ1n) is 9.18. The first-order chi connectivity index (χ1) is 14.1. The Hall–Kier alpha value is -3.18. The SMILES string of the molecule is COc1ccc(-c2nc3ccccc3c(C(=O)Nc3ccccc3Br)c2C)cc1. The maximum atomic E-state index is 13.3. The van der Waals surface area contributed by atoms with E-state index >= 15 is 0 Å². The fourth-order valence-electron chi connectivity index (χ4n) is 3.38. The quantitative estimate of drug-likeness (QED) is 0.403. The van der Waals surface area contributed by atoms with Gasteiger partial charge in [-0.05, 0) is 70.9 Å². The van der Waals surface area contributed by atoms with E-state index in [9.17, 15) is 4.79 Å². The monoisotopic (exact) mass is 446 g/mol. The molecule has 1 aromatic heterocycles. The standard InChI is InChI=1S/C24H19BrN2O2/c1-15-22(24(28)27-21-10-6-4-8-19(21)25)18-7-3-5-9-20(18)26-23(15)16-11-13-17(29-2)14-12-16/h3-14H,1-2H3,(H,27,28). The molecule has 0 radical (unpaired) electrons. The van der Waals surface area contributed by atoms with Crippen LogP contribution < -0.4 is 10.1 Å². The minimum atomic E-state index is -0.164. The number of rotatable bonds is 4. The van der Waals surface area contributed by atoms with E-state index in [-0.39, 0.29) is 5.91 Å². The van der Waals surface area contributed by atoms with Gasteiger partial charge in [-0.25, -0.2) is 4.98 Å². The maximum absolute atomic E-state index is 13.3. The molecule has 0 saturated carbocycles. The number of nitrogens with one attached hydrogen (secondary N) is 1. The van der Waals surface area contributed by atoms with Crippen LogP contribution in [0.4, 0.5) is 5.69 Å². The molecule has 5 heteroatoms. The molecular formula is C24H19BrN2O2. The van der Waals surface area contributed by atoms with E-state index < -0.39 is 0 Å². The Bertz CT molecular complexity index is 1200. The Labute approximate surface area is 177 Å². The number of benzene rings is 3. The third-order valence-corrected chi connectivity index (χ3v) is 5.54. The molecule has 0 saturated heterocycles. The van der Waals surface area contributed by atoms with Crippen LogP contribution in [-0.2, 0) is 0 Å². The number of hydrogen-bond acceptors (Lipinski definition) is 3.